The predicted molar refractivity (Wildman–Crippen MR) is 135 cm³/mol. The van der Waals surface area contributed by atoms with Gasteiger partial charge >= 0.3 is 11.6 Å². The van der Waals surface area contributed by atoms with Crippen LogP contribution in [-0.2, 0) is 4.74 Å². The van der Waals surface area contributed by atoms with Crippen LogP contribution in [0.15, 0.2) is 45.7 Å². The van der Waals surface area contributed by atoms with Gasteiger partial charge in [0.05, 0.1) is 6.61 Å². The first-order valence-electron chi connectivity index (χ1n) is 11.5. The average Bonchev–Trinajstić information content (AvgIpc) is 3.08. The lowest BCUT2D eigenvalue weighted by molar-refractivity contribution is 0.0521. The number of rotatable bonds is 5. The molecule has 4 rings (SSSR count). The van der Waals surface area contributed by atoms with Crippen molar-refractivity contribution in [3.8, 4) is 11.3 Å². The van der Waals surface area contributed by atoms with E-state index in [2.05, 4.69) is 26.1 Å². The van der Waals surface area contributed by atoms with Crippen LogP contribution in [0.2, 0.25) is 0 Å². The van der Waals surface area contributed by atoms with Crippen LogP contribution in [0, 0.1) is 6.92 Å². The molecule has 0 aliphatic rings. The third-order valence-corrected chi connectivity index (χ3v) is 5.53. The Kier molecular flexibility index (Phi) is 5.98. The van der Waals surface area contributed by atoms with Gasteiger partial charge in [0.25, 0.3) is 0 Å². The molecule has 4 aromatic rings. The third kappa shape index (κ3) is 4.42. The smallest absolute Gasteiger partial charge is 0.351 e. The maximum Gasteiger partial charge on any atom is 0.351 e. The molecule has 7 heteroatoms. The lowest BCUT2D eigenvalue weighted by atomic mass is 9.95. The fraction of sp³-hybridized carbons (Fsp3) is 0.370. The quantitative estimate of drug-likeness (QED) is 0.293. The minimum atomic E-state index is -0.695. The van der Waals surface area contributed by atoms with E-state index in [-0.39, 0.29) is 23.6 Å². The fourth-order valence-corrected chi connectivity index (χ4v) is 4.00. The summed E-state index contributed by atoms with van der Waals surface area (Å²) >= 11 is 0. The Morgan fingerprint density at radius 1 is 1.21 bits per heavy atom. The molecule has 0 aliphatic heterocycles. The summed E-state index contributed by atoms with van der Waals surface area (Å²) in [6.45, 7) is 14.3. The molecule has 34 heavy (non-hydrogen) atoms. The Labute approximate surface area is 198 Å². The van der Waals surface area contributed by atoms with Crippen molar-refractivity contribution in [2.75, 3.05) is 11.9 Å². The molecule has 1 N–H and O–H groups in total. The van der Waals surface area contributed by atoms with Crippen LogP contribution in [-0.4, -0.2) is 27.5 Å². The van der Waals surface area contributed by atoms with E-state index in [1.165, 1.54) is 0 Å². The standard InChI is InChI=1S/C27H31N3O4/c1-8-33-25(31)20-14-18-12-17(13-19(15(2)3)23(18)34-26(20)32)22-24(29-27(5,6)7)30-10-9-16(4)11-21(30)28-22/h9-15,29H,8H2,1-7H3. The molecule has 0 unspecified atom stereocenters. The van der Waals surface area contributed by atoms with Gasteiger partial charge in [0.15, 0.2) is 0 Å². The number of anilines is 1. The number of hydrogen-bond donors (Lipinski definition) is 1. The SMILES string of the molecule is CCOC(=O)c1cc2cc(-c3nc4cc(C)ccn4c3NC(C)(C)C)cc(C(C)C)c2oc1=O. The van der Waals surface area contributed by atoms with Crippen LogP contribution < -0.4 is 10.9 Å². The molecule has 0 amide bonds. The third-order valence-electron chi connectivity index (χ3n) is 5.53. The number of nitrogens with one attached hydrogen (secondary N) is 1. The number of esters is 1. The van der Waals surface area contributed by atoms with Gasteiger partial charge in [-0.2, -0.15) is 0 Å². The second kappa shape index (κ2) is 8.63. The molecule has 0 saturated carbocycles. The van der Waals surface area contributed by atoms with E-state index in [1.807, 2.05) is 55.6 Å². The summed E-state index contributed by atoms with van der Waals surface area (Å²) in [5.74, 6) is 0.268. The number of aromatic nitrogens is 2. The summed E-state index contributed by atoms with van der Waals surface area (Å²) in [7, 11) is 0. The molecule has 7 nitrogen and oxygen atoms in total. The number of nitrogens with zero attached hydrogens (tertiary/aromatic N) is 2. The van der Waals surface area contributed by atoms with E-state index in [0.29, 0.717) is 11.0 Å². The number of aryl methyl sites for hydroxylation is 1. The van der Waals surface area contributed by atoms with Gasteiger partial charge in [0, 0.05) is 22.7 Å². The Hall–Kier alpha value is -3.61. The van der Waals surface area contributed by atoms with Crippen LogP contribution in [0.4, 0.5) is 5.82 Å². The van der Waals surface area contributed by atoms with Gasteiger partial charge in [0.2, 0.25) is 0 Å². The molecular weight excluding hydrogens is 430 g/mol. The molecule has 0 aliphatic carbocycles. The van der Waals surface area contributed by atoms with Gasteiger partial charge in [-0.05, 0) is 82.0 Å². The Bertz CT molecular complexity index is 1460. The van der Waals surface area contributed by atoms with E-state index in [9.17, 15) is 9.59 Å². The molecule has 0 radical (unpaired) electrons. The molecule has 3 heterocycles. The van der Waals surface area contributed by atoms with E-state index in [4.69, 9.17) is 14.1 Å². The molecule has 0 saturated heterocycles. The highest BCUT2D eigenvalue weighted by molar-refractivity contribution is 5.95. The maximum absolute atomic E-state index is 12.5. The Morgan fingerprint density at radius 2 is 1.94 bits per heavy atom. The monoisotopic (exact) mass is 461 g/mol. The van der Waals surface area contributed by atoms with Crippen molar-refractivity contribution in [1.82, 2.24) is 9.38 Å². The minimum Gasteiger partial charge on any atom is -0.462 e. The predicted octanol–water partition coefficient (Wildman–Crippen LogP) is 5.93. The van der Waals surface area contributed by atoms with E-state index >= 15 is 0 Å². The normalized spacial score (nSPS) is 12.0. The Morgan fingerprint density at radius 3 is 2.59 bits per heavy atom. The zero-order chi connectivity index (χ0) is 24.8. The van der Waals surface area contributed by atoms with Crippen LogP contribution in [0.3, 0.4) is 0 Å². The maximum atomic E-state index is 12.5. The number of pyridine rings is 1. The van der Waals surface area contributed by atoms with Gasteiger partial charge in [-0.15, -0.1) is 0 Å². The van der Waals surface area contributed by atoms with Gasteiger partial charge < -0.3 is 14.5 Å². The Balaban J connectivity index is 2.02. The zero-order valence-corrected chi connectivity index (χ0v) is 20.8. The van der Waals surface area contributed by atoms with Crippen molar-refractivity contribution in [2.45, 2.75) is 59.9 Å². The van der Waals surface area contributed by atoms with Gasteiger partial charge in [-0.25, -0.2) is 14.6 Å². The van der Waals surface area contributed by atoms with Crippen molar-refractivity contribution in [2.24, 2.45) is 0 Å². The lowest BCUT2D eigenvalue weighted by Crippen LogP contribution is -2.27. The molecule has 1 aromatic carbocycles. The van der Waals surface area contributed by atoms with Gasteiger partial charge in [-0.1, -0.05) is 13.8 Å². The number of imidazole rings is 1. The first kappa shape index (κ1) is 23.5. The summed E-state index contributed by atoms with van der Waals surface area (Å²) in [6, 6.07) is 9.58. The topological polar surface area (TPSA) is 85.8 Å². The minimum absolute atomic E-state index is 0.0809. The number of hydrogen-bond acceptors (Lipinski definition) is 6. The summed E-state index contributed by atoms with van der Waals surface area (Å²) < 4.78 is 12.7. The number of fused-ring (bicyclic) bond motifs is 2. The van der Waals surface area contributed by atoms with Crippen LogP contribution in [0.25, 0.3) is 27.9 Å². The summed E-state index contributed by atoms with van der Waals surface area (Å²) in [5, 5.41) is 4.25. The van der Waals surface area contributed by atoms with Crippen molar-refractivity contribution in [3.05, 3.63) is 63.6 Å². The van der Waals surface area contributed by atoms with Crippen LogP contribution in [0.1, 0.15) is 68.9 Å². The molecule has 0 spiro atoms. The molecular formula is C27H31N3O4. The van der Waals surface area contributed by atoms with Crippen molar-refractivity contribution >= 4 is 28.4 Å². The zero-order valence-electron chi connectivity index (χ0n) is 20.8. The highest BCUT2D eigenvalue weighted by Gasteiger charge is 2.23. The van der Waals surface area contributed by atoms with Gasteiger partial charge in [0.1, 0.15) is 28.3 Å². The molecule has 178 valence electrons. The molecule has 0 bridgehead atoms. The van der Waals surface area contributed by atoms with Crippen molar-refractivity contribution < 1.29 is 13.9 Å². The number of benzene rings is 1. The highest BCUT2D eigenvalue weighted by Crippen LogP contribution is 2.36. The van der Waals surface area contributed by atoms with E-state index in [1.54, 1.807) is 13.0 Å². The number of carbonyl (C=O) groups excluding carboxylic acids is 1. The first-order valence-corrected chi connectivity index (χ1v) is 11.5. The average molecular weight is 462 g/mol. The second-order valence-corrected chi connectivity index (χ2v) is 9.92. The summed E-state index contributed by atoms with van der Waals surface area (Å²) in [5.41, 5.74) is 3.95. The molecule has 3 aromatic heterocycles. The van der Waals surface area contributed by atoms with Crippen LogP contribution >= 0.6 is 0 Å². The van der Waals surface area contributed by atoms with Gasteiger partial charge in [-0.3, -0.25) is 4.40 Å². The second-order valence-electron chi connectivity index (χ2n) is 9.92. The summed E-state index contributed by atoms with van der Waals surface area (Å²) in [4.78, 5) is 29.8. The van der Waals surface area contributed by atoms with E-state index < -0.39 is 11.6 Å². The largest absolute Gasteiger partial charge is 0.462 e. The van der Waals surface area contributed by atoms with Crippen molar-refractivity contribution in [3.63, 3.8) is 0 Å². The number of carbonyl (C=O) groups is 1. The first-order chi connectivity index (χ1) is 16.0. The van der Waals surface area contributed by atoms with Crippen molar-refractivity contribution in [1.29, 1.82) is 0 Å². The molecule has 0 atom stereocenters. The lowest BCUT2D eigenvalue weighted by Gasteiger charge is -2.23. The number of ether oxygens (including phenoxy) is 1. The highest BCUT2D eigenvalue weighted by atomic mass is 16.5. The fourth-order valence-electron chi connectivity index (χ4n) is 4.00. The van der Waals surface area contributed by atoms with Crippen LogP contribution in [0.5, 0.6) is 0 Å². The molecule has 0 fully saturated rings. The summed E-state index contributed by atoms with van der Waals surface area (Å²) in [6.07, 6.45) is 2.01. The van der Waals surface area contributed by atoms with E-state index in [0.717, 1.165) is 33.8 Å².